The third kappa shape index (κ3) is 4.54. The molecule has 1 aliphatic rings. The Hall–Kier alpha value is -2.54. The highest BCUT2D eigenvalue weighted by Gasteiger charge is 2.19. The van der Waals surface area contributed by atoms with Gasteiger partial charge in [-0.05, 0) is 37.7 Å². The van der Waals surface area contributed by atoms with Gasteiger partial charge in [-0.25, -0.2) is 9.97 Å². The van der Waals surface area contributed by atoms with Crippen molar-refractivity contribution in [3.63, 3.8) is 0 Å². The zero-order valence-electron chi connectivity index (χ0n) is 15.6. The largest absolute Gasteiger partial charge is 0.494 e. The SMILES string of the molecule is CCCCOc1ccc(Nc2ncnc(N3CCN(C)CC3)c2N)cc1. The van der Waals surface area contributed by atoms with Gasteiger partial charge >= 0.3 is 0 Å². The van der Waals surface area contributed by atoms with E-state index in [1.165, 1.54) is 0 Å². The molecule has 0 radical (unpaired) electrons. The van der Waals surface area contributed by atoms with Crippen molar-refractivity contribution >= 4 is 23.0 Å². The molecule has 7 nitrogen and oxygen atoms in total. The van der Waals surface area contributed by atoms with Crippen molar-refractivity contribution in [3.05, 3.63) is 30.6 Å². The number of likely N-dealkylation sites (N-methyl/N-ethyl adjacent to an activating group) is 1. The number of aromatic nitrogens is 2. The van der Waals surface area contributed by atoms with E-state index in [9.17, 15) is 0 Å². The van der Waals surface area contributed by atoms with Crippen LogP contribution >= 0.6 is 0 Å². The molecule has 0 bridgehead atoms. The highest BCUT2D eigenvalue weighted by molar-refractivity contribution is 5.78. The van der Waals surface area contributed by atoms with Gasteiger partial charge in [-0.15, -0.1) is 0 Å². The van der Waals surface area contributed by atoms with Crippen molar-refractivity contribution in [2.24, 2.45) is 0 Å². The Morgan fingerprint density at radius 3 is 2.54 bits per heavy atom. The van der Waals surface area contributed by atoms with Crippen molar-refractivity contribution in [2.75, 3.05) is 55.8 Å². The number of hydrogen-bond donors (Lipinski definition) is 2. The van der Waals surface area contributed by atoms with Crippen LogP contribution in [0.25, 0.3) is 0 Å². The van der Waals surface area contributed by atoms with Gasteiger partial charge in [0.15, 0.2) is 11.6 Å². The second-order valence-corrected chi connectivity index (χ2v) is 6.60. The molecule has 0 aliphatic carbocycles. The minimum Gasteiger partial charge on any atom is -0.494 e. The van der Waals surface area contributed by atoms with E-state index in [1.807, 2.05) is 24.3 Å². The highest BCUT2D eigenvalue weighted by Crippen LogP contribution is 2.29. The Morgan fingerprint density at radius 1 is 1.12 bits per heavy atom. The molecule has 1 aromatic carbocycles. The molecule has 0 atom stereocenters. The number of hydrogen-bond acceptors (Lipinski definition) is 7. The van der Waals surface area contributed by atoms with Gasteiger partial charge in [-0.1, -0.05) is 13.3 Å². The molecule has 0 unspecified atom stereocenters. The minimum absolute atomic E-state index is 0.584. The minimum atomic E-state index is 0.584. The van der Waals surface area contributed by atoms with Crippen molar-refractivity contribution in [2.45, 2.75) is 19.8 Å². The molecular formula is C19H28N6O. The molecule has 7 heteroatoms. The fourth-order valence-electron chi connectivity index (χ4n) is 2.86. The van der Waals surface area contributed by atoms with Crippen LogP contribution in [-0.2, 0) is 0 Å². The van der Waals surface area contributed by atoms with E-state index >= 15 is 0 Å². The van der Waals surface area contributed by atoms with Crippen LogP contribution in [0.3, 0.4) is 0 Å². The number of nitrogens with one attached hydrogen (secondary N) is 1. The van der Waals surface area contributed by atoms with E-state index in [0.29, 0.717) is 11.5 Å². The summed E-state index contributed by atoms with van der Waals surface area (Å²) in [6.45, 7) is 6.74. The maximum absolute atomic E-state index is 6.34. The standard InChI is InChI=1S/C19H28N6O/c1-3-4-13-26-16-7-5-15(6-8-16)23-18-17(20)19(22-14-21-18)25-11-9-24(2)10-12-25/h5-8,14H,3-4,9-13,20H2,1-2H3,(H,21,22,23). The molecular weight excluding hydrogens is 328 g/mol. The lowest BCUT2D eigenvalue weighted by atomic mass is 10.2. The Balaban J connectivity index is 1.67. The van der Waals surface area contributed by atoms with Gasteiger partial charge in [0.05, 0.1) is 6.61 Å². The zero-order chi connectivity index (χ0) is 18.4. The number of rotatable bonds is 7. The quantitative estimate of drug-likeness (QED) is 0.738. The molecule has 26 heavy (non-hydrogen) atoms. The van der Waals surface area contributed by atoms with Crippen LogP contribution in [-0.4, -0.2) is 54.7 Å². The van der Waals surface area contributed by atoms with Crippen LogP contribution in [0, 0.1) is 0 Å². The zero-order valence-corrected chi connectivity index (χ0v) is 15.6. The average Bonchev–Trinajstić information content (AvgIpc) is 2.66. The summed E-state index contributed by atoms with van der Waals surface area (Å²) in [6, 6.07) is 7.85. The summed E-state index contributed by atoms with van der Waals surface area (Å²) in [5, 5.41) is 3.29. The molecule has 3 rings (SSSR count). The Bertz CT molecular complexity index is 698. The molecule has 2 heterocycles. The van der Waals surface area contributed by atoms with E-state index in [4.69, 9.17) is 10.5 Å². The molecule has 1 aliphatic heterocycles. The van der Waals surface area contributed by atoms with E-state index in [2.05, 4.69) is 39.1 Å². The lowest BCUT2D eigenvalue weighted by molar-refractivity contribution is 0.309. The normalized spacial score (nSPS) is 15.1. The molecule has 2 aromatic rings. The van der Waals surface area contributed by atoms with Crippen molar-refractivity contribution in [1.29, 1.82) is 0 Å². The van der Waals surface area contributed by atoms with Crippen LogP contribution in [0.2, 0.25) is 0 Å². The van der Waals surface area contributed by atoms with E-state index in [0.717, 1.165) is 62.9 Å². The fourth-order valence-corrected chi connectivity index (χ4v) is 2.86. The summed E-state index contributed by atoms with van der Waals surface area (Å²) in [6.07, 6.45) is 3.75. The number of nitrogen functional groups attached to an aromatic ring is 1. The molecule has 140 valence electrons. The van der Waals surface area contributed by atoms with Crippen LogP contribution in [0.4, 0.5) is 23.0 Å². The first-order chi connectivity index (χ1) is 12.7. The van der Waals surface area contributed by atoms with Crippen LogP contribution in [0.5, 0.6) is 5.75 Å². The number of ether oxygens (including phenoxy) is 1. The molecule has 0 spiro atoms. The monoisotopic (exact) mass is 356 g/mol. The van der Waals surface area contributed by atoms with Crippen LogP contribution < -0.4 is 20.7 Å². The lowest BCUT2D eigenvalue weighted by Crippen LogP contribution is -2.45. The second kappa shape index (κ2) is 8.71. The third-order valence-electron chi connectivity index (χ3n) is 4.55. The number of anilines is 4. The van der Waals surface area contributed by atoms with Gasteiger partial charge in [0.25, 0.3) is 0 Å². The van der Waals surface area contributed by atoms with Gasteiger partial charge in [0, 0.05) is 31.9 Å². The van der Waals surface area contributed by atoms with Crippen molar-refractivity contribution in [3.8, 4) is 5.75 Å². The van der Waals surface area contributed by atoms with E-state index in [-0.39, 0.29) is 0 Å². The summed E-state index contributed by atoms with van der Waals surface area (Å²) in [7, 11) is 2.13. The topological polar surface area (TPSA) is 79.5 Å². The summed E-state index contributed by atoms with van der Waals surface area (Å²) in [5.41, 5.74) is 7.84. The smallest absolute Gasteiger partial charge is 0.159 e. The number of nitrogens with zero attached hydrogens (tertiary/aromatic N) is 4. The predicted molar refractivity (Wildman–Crippen MR) is 106 cm³/mol. The number of benzene rings is 1. The highest BCUT2D eigenvalue weighted by atomic mass is 16.5. The number of unbranched alkanes of at least 4 members (excludes halogenated alkanes) is 1. The van der Waals surface area contributed by atoms with Gasteiger partial charge in [0.1, 0.15) is 17.8 Å². The van der Waals surface area contributed by atoms with Gasteiger partial charge in [-0.2, -0.15) is 0 Å². The molecule has 1 saturated heterocycles. The maximum Gasteiger partial charge on any atom is 0.159 e. The molecule has 0 amide bonds. The Labute approximate surface area is 155 Å². The molecule has 1 aromatic heterocycles. The molecule has 1 fully saturated rings. The summed E-state index contributed by atoms with van der Waals surface area (Å²) >= 11 is 0. The summed E-state index contributed by atoms with van der Waals surface area (Å²) < 4.78 is 5.69. The first-order valence-electron chi connectivity index (χ1n) is 9.21. The molecule has 0 saturated carbocycles. The average molecular weight is 356 g/mol. The van der Waals surface area contributed by atoms with E-state index < -0.39 is 0 Å². The first-order valence-corrected chi connectivity index (χ1v) is 9.21. The Morgan fingerprint density at radius 2 is 1.85 bits per heavy atom. The molecule has 3 N–H and O–H groups in total. The van der Waals surface area contributed by atoms with Gasteiger partial charge < -0.3 is 25.6 Å². The summed E-state index contributed by atoms with van der Waals surface area (Å²) in [4.78, 5) is 13.2. The van der Waals surface area contributed by atoms with Crippen LogP contribution in [0.15, 0.2) is 30.6 Å². The lowest BCUT2D eigenvalue weighted by Gasteiger charge is -2.33. The van der Waals surface area contributed by atoms with Crippen molar-refractivity contribution in [1.82, 2.24) is 14.9 Å². The summed E-state index contributed by atoms with van der Waals surface area (Å²) in [5.74, 6) is 2.31. The van der Waals surface area contributed by atoms with Gasteiger partial charge in [-0.3, -0.25) is 0 Å². The predicted octanol–water partition coefficient (Wildman–Crippen LogP) is 2.73. The number of nitrogens with two attached hydrogens (primary N) is 1. The van der Waals surface area contributed by atoms with Gasteiger partial charge in [0.2, 0.25) is 0 Å². The first kappa shape index (κ1) is 18.3. The third-order valence-corrected chi connectivity index (χ3v) is 4.55. The van der Waals surface area contributed by atoms with Crippen LogP contribution in [0.1, 0.15) is 19.8 Å². The Kier molecular flexibility index (Phi) is 6.12. The number of piperazine rings is 1. The fraction of sp³-hybridized carbons (Fsp3) is 0.474. The second-order valence-electron chi connectivity index (χ2n) is 6.60. The van der Waals surface area contributed by atoms with E-state index in [1.54, 1.807) is 6.33 Å². The maximum atomic E-state index is 6.34. The van der Waals surface area contributed by atoms with Crippen molar-refractivity contribution < 1.29 is 4.74 Å².